The van der Waals surface area contributed by atoms with Gasteiger partial charge in [-0.25, -0.2) is 4.39 Å². The summed E-state index contributed by atoms with van der Waals surface area (Å²) in [6, 6.07) is 0. The maximum atomic E-state index is 12.8. The van der Waals surface area contributed by atoms with E-state index in [9.17, 15) is 22.4 Å². The molecule has 2 atom stereocenters. The maximum absolute atomic E-state index is 12.8. The summed E-state index contributed by atoms with van der Waals surface area (Å²) >= 11 is 0. The summed E-state index contributed by atoms with van der Waals surface area (Å²) in [5.74, 6) is -2.14. The molecular weight excluding hydrogens is 180 g/mol. The van der Waals surface area contributed by atoms with Crippen molar-refractivity contribution in [1.82, 2.24) is 0 Å². The number of hydrogen-bond donors (Lipinski definition) is 1. The molecule has 0 amide bonds. The first kappa shape index (κ1) is 9.28. The van der Waals surface area contributed by atoms with Gasteiger partial charge >= 0.3 is 12.1 Å². The molecule has 0 bridgehead atoms. The molecule has 0 aromatic rings. The van der Waals surface area contributed by atoms with Crippen molar-refractivity contribution in [2.75, 3.05) is 0 Å². The lowest BCUT2D eigenvalue weighted by atomic mass is 10.0. The second-order valence-corrected chi connectivity index (χ2v) is 3.08. The molecule has 0 spiro atoms. The Bertz CT molecular complexity index is 232. The van der Waals surface area contributed by atoms with Crippen LogP contribution in [-0.2, 0) is 4.79 Å². The third kappa shape index (κ3) is 0.834. The first-order valence-electron chi connectivity index (χ1n) is 3.14. The van der Waals surface area contributed by atoms with Gasteiger partial charge in [-0.3, -0.25) is 4.79 Å². The minimum atomic E-state index is -5.01. The van der Waals surface area contributed by atoms with Gasteiger partial charge in [0, 0.05) is 6.42 Å². The maximum Gasteiger partial charge on any atom is 0.408 e. The van der Waals surface area contributed by atoms with E-state index in [-0.39, 0.29) is 0 Å². The van der Waals surface area contributed by atoms with E-state index < -0.39 is 29.7 Å². The molecule has 1 fully saturated rings. The normalized spacial score (nSPS) is 41.1. The van der Waals surface area contributed by atoms with E-state index in [1.165, 1.54) is 0 Å². The third-order valence-corrected chi connectivity index (χ3v) is 2.21. The summed E-state index contributed by atoms with van der Waals surface area (Å²) in [6.45, 7) is 0.647. The van der Waals surface area contributed by atoms with Gasteiger partial charge in [0.1, 0.15) is 5.67 Å². The molecule has 0 saturated heterocycles. The average molecular weight is 186 g/mol. The highest BCUT2D eigenvalue weighted by Gasteiger charge is 2.84. The van der Waals surface area contributed by atoms with Crippen LogP contribution in [0.1, 0.15) is 13.3 Å². The summed E-state index contributed by atoms with van der Waals surface area (Å²) < 4.78 is 48.8. The quantitative estimate of drug-likeness (QED) is 0.633. The zero-order valence-electron chi connectivity index (χ0n) is 6.07. The number of halogens is 4. The van der Waals surface area contributed by atoms with Crippen molar-refractivity contribution in [3.63, 3.8) is 0 Å². The van der Waals surface area contributed by atoms with Crippen LogP contribution in [-0.4, -0.2) is 22.9 Å². The summed E-state index contributed by atoms with van der Waals surface area (Å²) in [6.07, 6.45) is -6.00. The van der Waals surface area contributed by atoms with Crippen LogP contribution in [0, 0.1) is 5.41 Å². The van der Waals surface area contributed by atoms with Gasteiger partial charge < -0.3 is 5.11 Å². The van der Waals surface area contributed by atoms with Crippen molar-refractivity contribution in [2.45, 2.75) is 25.2 Å². The first-order valence-corrected chi connectivity index (χ1v) is 3.14. The van der Waals surface area contributed by atoms with Gasteiger partial charge in [-0.15, -0.1) is 0 Å². The highest BCUT2D eigenvalue weighted by atomic mass is 19.4. The molecule has 1 aliphatic carbocycles. The number of alkyl halides is 4. The Morgan fingerprint density at radius 3 is 1.83 bits per heavy atom. The van der Waals surface area contributed by atoms with Crippen LogP contribution < -0.4 is 0 Å². The number of carbonyl (C=O) groups is 1. The minimum Gasteiger partial charge on any atom is -0.480 e. The van der Waals surface area contributed by atoms with E-state index in [1.54, 1.807) is 0 Å². The van der Waals surface area contributed by atoms with E-state index in [0.717, 1.165) is 0 Å². The lowest BCUT2D eigenvalue weighted by Gasteiger charge is -2.16. The monoisotopic (exact) mass is 186 g/mol. The highest BCUT2D eigenvalue weighted by molar-refractivity contribution is 5.82. The van der Waals surface area contributed by atoms with Gasteiger partial charge in [0.05, 0.1) is 0 Å². The lowest BCUT2D eigenvalue weighted by Crippen LogP contribution is -2.38. The van der Waals surface area contributed by atoms with E-state index in [4.69, 9.17) is 5.11 Å². The SMILES string of the molecule is CC1(F)CC1(C(=O)O)C(F)(F)F. The van der Waals surface area contributed by atoms with Crippen LogP contribution in [0.2, 0.25) is 0 Å². The number of rotatable bonds is 1. The fourth-order valence-corrected chi connectivity index (χ4v) is 1.27. The summed E-state index contributed by atoms with van der Waals surface area (Å²) in [4.78, 5) is 10.2. The number of aliphatic carboxylic acids is 1. The lowest BCUT2D eigenvalue weighted by molar-refractivity contribution is -0.211. The van der Waals surface area contributed by atoms with Crippen LogP contribution in [0.4, 0.5) is 17.6 Å². The average Bonchev–Trinajstić information content (AvgIpc) is 2.33. The van der Waals surface area contributed by atoms with Gasteiger partial charge in [-0.1, -0.05) is 0 Å². The van der Waals surface area contributed by atoms with Gasteiger partial charge in [-0.05, 0) is 6.92 Å². The van der Waals surface area contributed by atoms with Crippen LogP contribution in [0.5, 0.6) is 0 Å². The topological polar surface area (TPSA) is 37.3 Å². The van der Waals surface area contributed by atoms with Crippen LogP contribution in [0.3, 0.4) is 0 Å². The van der Waals surface area contributed by atoms with E-state index >= 15 is 0 Å². The fraction of sp³-hybridized carbons (Fsp3) is 0.833. The Hall–Kier alpha value is -0.810. The molecule has 70 valence electrons. The zero-order chi connectivity index (χ0) is 9.78. The predicted molar refractivity (Wildman–Crippen MR) is 30.3 cm³/mol. The Morgan fingerprint density at radius 1 is 1.50 bits per heavy atom. The van der Waals surface area contributed by atoms with E-state index in [1.807, 2.05) is 0 Å². The molecule has 0 radical (unpaired) electrons. The van der Waals surface area contributed by atoms with Crippen LogP contribution in [0.15, 0.2) is 0 Å². The van der Waals surface area contributed by atoms with Crippen molar-refractivity contribution in [3.8, 4) is 0 Å². The fourth-order valence-electron chi connectivity index (χ4n) is 1.27. The predicted octanol–water partition coefficient (Wildman–Crippen LogP) is 1.75. The molecule has 1 rings (SSSR count). The first-order chi connectivity index (χ1) is 5.15. The second-order valence-electron chi connectivity index (χ2n) is 3.08. The van der Waals surface area contributed by atoms with Gasteiger partial charge in [0.25, 0.3) is 0 Å². The van der Waals surface area contributed by atoms with Crippen molar-refractivity contribution in [2.24, 2.45) is 5.41 Å². The Morgan fingerprint density at radius 2 is 1.83 bits per heavy atom. The molecule has 1 saturated carbocycles. The summed E-state index contributed by atoms with van der Waals surface area (Å²) in [5, 5.41) is 8.22. The van der Waals surface area contributed by atoms with Crippen molar-refractivity contribution >= 4 is 5.97 Å². The largest absolute Gasteiger partial charge is 0.480 e. The number of hydrogen-bond acceptors (Lipinski definition) is 1. The molecule has 0 aromatic carbocycles. The van der Waals surface area contributed by atoms with Crippen molar-refractivity contribution in [3.05, 3.63) is 0 Å². The molecule has 2 unspecified atom stereocenters. The van der Waals surface area contributed by atoms with Gasteiger partial charge in [-0.2, -0.15) is 13.2 Å². The standard InChI is InChI=1S/C6H6F4O2/c1-4(7)2-5(4,3(11)12)6(8,9)10/h2H2,1H3,(H,11,12). The van der Waals surface area contributed by atoms with E-state index in [0.29, 0.717) is 6.92 Å². The Kier molecular flexibility index (Phi) is 1.48. The second kappa shape index (κ2) is 1.92. The molecular formula is C6H6F4O2. The number of carboxylic acid groups (broad SMARTS) is 1. The molecule has 12 heavy (non-hydrogen) atoms. The molecule has 6 heteroatoms. The molecule has 2 nitrogen and oxygen atoms in total. The molecule has 0 aromatic heterocycles. The molecule has 1 aliphatic rings. The zero-order valence-corrected chi connectivity index (χ0v) is 6.07. The summed E-state index contributed by atoms with van der Waals surface area (Å²) in [7, 11) is 0. The van der Waals surface area contributed by atoms with Crippen LogP contribution >= 0.6 is 0 Å². The third-order valence-electron chi connectivity index (χ3n) is 2.21. The minimum absolute atomic E-state index is 0.647. The van der Waals surface area contributed by atoms with Crippen molar-refractivity contribution < 1.29 is 27.5 Å². The summed E-state index contributed by atoms with van der Waals surface area (Å²) in [5.41, 5.74) is -5.82. The highest BCUT2D eigenvalue weighted by Crippen LogP contribution is 2.67. The van der Waals surface area contributed by atoms with Crippen molar-refractivity contribution in [1.29, 1.82) is 0 Å². The number of carboxylic acids is 1. The Balaban J connectivity index is 3.03. The smallest absolute Gasteiger partial charge is 0.408 e. The molecule has 0 aliphatic heterocycles. The molecule has 0 heterocycles. The molecule has 1 N–H and O–H groups in total. The van der Waals surface area contributed by atoms with Crippen LogP contribution in [0.25, 0.3) is 0 Å². The van der Waals surface area contributed by atoms with Gasteiger partial charge in [0.2, 0.25) is 0 Å². The van der Waals surface area contributed by atoms with Gasteiger partial charge in [0.15, 0.2) is 5.41 Å². The van der Waals surface area contributed by atoms with E-state index in [2.05, 4.69) is 0 Å². The Labute approximate surface area is 65.2 Å².